The first-order valence-corrected chi connectivity index (χ1v) is 10.7. The van der Waals surface area contributed by atoms with E-state index in [1.807, 2.05) is 42.5 Å². The molecular weight excluding hydrogens is 376 g/mol. The van der Waals surface area contributed by atoms with Crippen LogP contribution < -0.4 is 0 Å². The number of likely N-dealkylation sites (tertiary alicyclic amines) is 1. The molecule has 0 aliphatic carbocycles. The quantitative estimate of drug-likeness (QED) is 0.728. The third kappa shape index (κ3) is 4.95. The van der Waals surface area contributed by atoms with Crippen LogP contribution in [0.3, 0.4) is 0 Å². The van der Waals surface area contributed by atoms with E-state index < -0.39 is 15.1 Å². The minimum absolute atomic E-state index is 0.170. The Kier molecular flexibility index (Phi) is 5.78. The number of aromatic nitrogens is 1. The average Bonchev–Trinajstić information content (AvgIpc) is 3.03. The van der Waals surface area contributed by atoms with E-state index in [0.29, 0.717) is 6.54 Å². The van der Waals surface area contributed by atoms with Gasteiger partial charge in [-0.05, 0) is 17.7 Å². The summed E-state index contributed by atoms with van der Waals surface area (Å²) in [6.07, 6.45) is 1.18. The molecule has 138 valence electrons. The molecule has 8 heteroatoms. The lowest BCUT2D eigenvalue weighted by molar-refractivity contribution is 0.103. The van der Waals surface area contributed by atoms with Gasteiger partial charge in [0.25, 0.3) is 0 Å². The molecule has 3 rings (SSSR count). The van der Waals surface area contributed by atoms with Crippen molar-refractivity contribution in [3.63, 3.8) is 0 Å². The van der Waals surface area contributed by atoms with Crippen molar-refractivity contribution in [1.82, 2.24) is 9.88 Å². The number of halogens is 1. The van der Waals surface area contributed by atoms with Gasteiger partial charge >= 0.3 is 6.09 Å². The van der Waals surface area contributed by atoms with Crippen molar-refractivity contribution < 1.29 is 17.9 Å². The van der Waals surface area contributed by atoms with E-state index in [0.717, 1.165) is 11.3 Å². The summed E-state index contributed by atoms with van der Waals surface area (Å²) in [4.78, 5) is 18.2. The van der Waals surface area contributed by atoms with Crippen molar-refractivity contribution >= 4 is 25.8 Å². The van der Waals surface area contributed by atoms with Crippen molar-refractivity contribution in [2.75, 3.05) is 18.8 Å². The minimum Gasteiger partial charge on any atom is -0.445 e. The first kappa shape index (κ1) is 18.7. The smallest absolute Gasteiger partial charge is 0.410 e. The van der Waals surface area contributed by atoms with Gasteiger partial charge in [0.15, 0.2) is 0 Å². The van der Waals surface area contributed by atoms with Gasteiger partial charge in [0.2, 0.25) is 9.05 Å². The molecule has 0 saturated carbocycles. The second-order valence-corrected chi connectivity index (χ2v) is 9.09. The minimum atomic E-state index is -3.69. The molecule has 1 saturated heterocycles. The van der Waals surface area contributed by atoms with Crippen LogP contribution in [0.5, 0.6) is 0 Å². The van der Waals surface area contributed by atoms with Gasteiger partial charge < -0.3 is 9.64 Å². The fraction of sp³-hybridized carbons (Fsp3) is 0.333. The van der Waals surface area contributed by atoms with Crippen LogP contribution >= 0.6 is 10.7 Å². The zero-order chi connectivity index (χ0) is 18.6. The number of rotatable bonds is 5. The van der Waals surface area contributed by atoms with E-state index in [1.165, 1.54) is 4.90 Å². The lowest BCUT2D eigenvalue weighted by Crippen LogP contribution is -2.30. The van der Waals surface area contributed by atoms with Gasteiger partial charge in [-0.15, -0.1) is 0 Å². The molecule has 0 spiro atoms. The molecule has 26 heavy (non-hydrogen) atoms. The Bertz CT molecular complexity index is 846. The number of carbonyl (C=O) groups is 1. The molecule has 2 atom stereocenters. The number of hydrogen-bond acceptors (Lipinski definition) is 5. The molecule has 1 aliphatic rings. The predicted molar refractivity (Wildman–Crippen MR) is 98.3 cm³/mol. The summed E-state index contributed by atoms with van der Waals surface area (Å²) < 4.78 is 28.5. The maximum absolute atomic E-state index is 12.4. The van der Waals surface area contributed by atoms with E-state index in [-0.39, 0.29) is 30.7 Å². The van der Waals surface area contributed by atoms with Crippen molar-refractivity contribution in [3.05, 3.63) is 66.0 Å². The fourth-order valence-electron chi connectivity index (χ4n) is 3.19. The normalized spacial score (nSPS) is 20.1. The molecular formula is C18H19ClN2O4S. The summed E-state index contributed by atoms with van der Waals surface area (Å²) in [5, 5.41) is 0. The molecule has 2 unspecified atom stereocenters. The third-order valence-corrected chi connectivity index (χ3v) is 5.59. The highest BCUT2D eigenvalue weighted by Gasteiger charge is 2.39. The summed E-state index contributed by atoms with van der Waals surface area (Å²) in [5.74, 6) is -0.733. The van der Waals surface area contributed by atoms with Crippen LogP contribution in [0.25, 0.3) is 0 Å². The largest absolute Gasteiger partial charge is 0.445 e. The number of nitrogens with zero attached hydrogens (tertiary/aromatic N) is 2. The standard InChI is InChI=1S/C18H19ClN2O4S/c19-26(23,24)13-15-10-21(11-16(15)17-8-4-5-9-20-17)18(22)25-12-14-6-2-1-3-7-14/h1-9,15-16H,10-13H2. The number of ether oxygens (including phenoxy) is 1. The van der Waals surface area contributed by atoms with Crippen molar-refractivity contribution in [2.24, 2.45) is 5.92 Å². The Labute approximate surface area is 157 Å². The molecule has 1 fully saturated rings. The first-order valence-electron chi connectivity index (χ1n) is 8.21. The fourth-order valence-corrected chi connectivity index (χ4v) is 4.52. The zero-order valence-corrected chi connectivity index (χ0v) is 15.6. The van der Waals surface area contributed by atoms with Crippen LogP contribution in [-0.4, -0.2) is 43.2 Å². The molecule has 0 N–H and O–H groups in total. The van der Waals surface area contributed by atoms with E-state index in [9.17, 15) is 13.2 Å². The number of hydrogen-bond donors (Lipinski definition) is 0. The van der Waals surface area contributed by atoms with Gasteiger partial charge in [0.1, 0.15) is 6.61 Å². The lowest BCUT2D eigenvalue weighted by atomic mass is 9.94. The maximum atomic E-state index is 12.4. The molecule has 1 aliphatic heterocycles. The number of carbonyl (C=O) groups excluding carboxylic acids is 1. The highest BCUT2D eigenvalue weighted by Crippen LogP contribution is 2.33. The molecule has 6 nitrogen and oxygen atoms in total. The Morgan fingerprint density at radius 3 is 2.54 bits per heavy atom. The van der Waals surface area contributed by atoms with Crippen LogP contribution in [0.1, 0.15) is 17.2 Å². The van der Waals surface area contributed by atoms with Crippen LogP contribution in [-0.2, 0) is 20.4 Å². The first-order chi connectivity index (χ1) is 12.4. The predicted octanol–water partition coefficient (Wildman–Crippen LogP) is 3.00. The van der Waals surface area contributed by atoms with Crippen LogP contribution in [0.15, 0.2) is 54.7 Å². The summed E-state index contributed by atoms with van der Waals surface area (Å²) >= 11 is 0. The van der Waals surface area contributed by atoms with E-state index >= 15 is 0 Å². The highest BCUT2D eigenvalue weighted by molar-refractivity contribution is 8.13. The van der Waals surface area contributed by atoms with E-state index in [2.05, 4.69) is 4.98 Å². The summed E-state index contributed by atoms with van der Waals surface area (Å²) in [5.41, 5.74) is 1.64. The SMILES string of the molecule is O=C(OCc1ccccc1)N1CC(CS(=O)(=O)Cl)C(c2ccccn2)C1. The zero-order valence-electron chi connectivity index (χ0n) is 14.0. The lowest BCUT2D eigenvalue weighted by Gasteiger charge is -2.16. The molecule has 0 radical (unpaired) electrons. The van der Waals surface area contributed by atoms with Gasteiger partial charge in [-0.2, -0.15) is 0 Å². The number of benzene rings is 1. The molecule has 2 heterocycles. The molecule has 1 aromatic carbocycles. The van der Waals surface area contributed by atoms with Gasteiger partial charge in [0.05, 0.1) is 5.75 Å². The summed E-state index contributed by atoms with van der Waals surface area (Å²) in [7, 11) is 1.76. The van der Waals surface area contributed by atoms with Crippen LogP contribution in [0.2, 0.25) is 0 Å². The molecule has 1 amide bonds. The second-order valence-electron chi connectivity index (χ2n) is 6.27. The van der Waals surface area contributed by atoms with E-state index in [4.69, 9.17) is 15.4 Å². The second kappa shape index (κ2) is 8.05. The number of pyridine rings is 1. The van der Waals surface area contributed by atoms with Gasteiger partial charge in [0, 0.05) is 47.5 Å². The van der Waals surface area contributed by atoms with Crippen molar-refractivity contribution in [1.29, 1.82) is 0 Å². The third-order valence-electron chi connectivity index (χ3n) is 4.39. The Morgan fingerprint density at radius 2 is 1.88 bits per heavy atom. The summed E-state index contributed by atoms with van der Waals surface area (Å²) in [6.45, 7) is 0.783. The maximum Gasteiger partial charge on any atom is 0.410 e. The Morgan fingerprint density at radius 1 is 1.15 bits per heavy atom. The van der Waals surface area contributed by atoms with E-state index in [1.54, 1.807) is 12.3 Å². The van der Waals surface area contributed by atoms with Crippen molar-refractivity contribution in [3.8, 4) is 0 Å². The Hall–Kier alpha value is -2.12. The monoisotopic (exact) mass is 394 g/mol. The van der Waals surface area contributed by atoms with Gasteiger partial charge in [-0.25, -0.2) is 13.2 Å². The molecule has 0 bridgehead atoms. The Balaban J connectivity index is 1.69. The number of amides is 1. The average molecular weight is 395 g/mol. The highest BCUT2D eigenvalue weighted by atomic mass is 35.7. The molecule has 1 aromatic heterocycles. The van der Waals surface area contributed by atoms with Gasteiger partial charge in [-0.3, -0.25) is 4.98 Å². The van der Waals surface area contributed by atoms with Crippen LogP contribution in [0.4, 0.5) is 4.79 Å². The topological polar surface area (TPSA) is 76.6 Å². The van der Waals surface area contributed by atoms with Crippen LogP contribution in [0, 0.1) is 5.92 Å². The summed E-state index contributed by atoms with van der Waals surface area (Å²) in [6, 6.07) is 14.8. The van der Waals surface area contributed by atoms with Crippen molar-refractivity contribution in [2.45, 2.75) is 12.5 Å². The van der Waals surface area contributed by atoms with Gasteiger partial charge in [-0.1, -0.05) is 36.4 Å². The molecule has 2 aromatic rings.